The summed E-state index contributed by atoms with van der Waals surface area (Å²) in [7, 11) is 4.12. The summed E-state index contributed by atoms with van der Waals surface area (Å²) in [6.45, 7) is 1.88. The number of unbranched alkanes of at least 4 members (excludes halogenated alkanes) is 1. The number of nitrogens with zero attached hydrogens (tertiary/aromatic N) is 3. The van der Waals surface area contributed by atoms with E-state index in [9.17, 15) is 4.39 Å². The molecule has 5 heteroatoms. The van der Waals surface area contributed by atoms with Crippen LogP contribution in [0.4, 0.5) is 10.3 Å². The van der Waals surface area contributed by atoms with E-state index < -0.39 is 0 Å². The Morgan fingerprint density at radius 3 is 2.83 bits per heavy atom. The summed E-state index contributed by atoms with van der Waals surface area (Å²) < 4.78 is 15.0. The number of benzene rings is 1. The lowest BCUT2D eigenvalue weighted by Crippen LogP contribution is -2.13. The molecule has 4 nitrogen and oxygen atoms in total. The van der Waals surface area contributed by atoms with Crippen LogP contribution in [0.2, 0.25) is 0 Å². The molecule has 0 radical (unpaired) electrons. The predicted molar refractivity (Wildman–Crippen MR) is 71.9 cm³/mol. The minimum atomic E-state index is -0.278. The molecule has 0 bridgehead atoms. The van der Waals surface area contributed by atoms with Crippen LogP contribution in [0.5, 0.6) is 0 Å². The second-order valence-corrected chi connectivity index (χ2v) is 4.77. The molecule has 0 aliphatic heterocycles. The first kappa shape index (κ1) is 12.8. The van der Waals surface area contributed by atoms with Crippen molar-refractivity contribution in [3.8, 4) is 0 Å². The summed E-state index contributed by atoms with van der Waals surface area (Å²) >= 11 is 0. The average Bonchev–Trinajstić information content (AvgIpc) is 2.59. The van der Waals surface area contributed by atoms with Crippen molar-refractivity contribution in [3.05, 3.63) is 24.0 Å². The number of aromatic nitrogens is 2. The van der Waals surface area contributed by atoms with Crippen molar-refractivity contribution in [1.29, 1.82) is 0 Å². The number of halogens is 1. The molecule has 0 aliphatic carbocycles. The molecule has 0 fully saturated rings. The number of fused-ring (bicyclic) bond motifs is 1. The van der Waals surface area contributed by atoms with Gasteiger partial charge in [-0.3, -0.25) is 0 Å². The highest BCUT2D eigenvalue weighted by atomic mass is 19.1. The molecule has 1 heterocycles. The highest BCUT2D eigenvalue weighted by Gasteiger charge is 2.08. The van der Waals surface area contributed by atoms with Crippen LogP contribution in [-0.2, 0) is 6.54 Å². The molecule has 1 aromatic heterocycles. The maximum atomic E-state index is 13.1. The van der Waals surface area contributed by atoms with E-state index in [0.29, 0.717) is 11.5 Å². The lowest BCUT2D eigenvalue weighted by Gasteiger charge is -2.10. The average molecular weight is 250 g/mol. The number of nitrogen functional groups attached to an aromatic ring is 1. The molecule has 2 rings (SSSR count). The Morgan fingerprint density at radius 2 is 2.11 bits per heavy atom. The van der Waals surface area contributed by atoms with E-state index in [-0.39, 0.29) is 5.82 Å². The van der Waals surface area contributed by atoms with E-state index in [1.54, 1.807) is 6.07 Å². The lowest BCUT2D eigenvalue weighted by molar-refractivity contribution is 0.388. The monoisotopic (exact) mass is 250 g/mol. The molecule has 18 heavy (non-hydrogen) atoms. The van der Waals surface area contributed by atoms with E-state index >= 15 is 0 Å². The molecule has 2 aromatic rings. The van der Waals surface area contributed by atoms with E-state index in [1.165, 1.54) is 12.1 Å². The van der Waals surface area contributed by atoms with Gasteiger partial charge in [-0.1, -0.05) is 0 Å². The molecule has 0 aliphatic rings. The Kier molecular flexibility index (Phi) is 3.81. The van der Waals surface area contributed by atoms with Crippen molar-refractivity contribution in [2.45, 2.75) is 19.4 Å². The number of rotatable bonds is 5. The molecular formula is C13H19FN4. The van der Waals surface area contributed by atoms with Crippen LogP contribution in [-0.4, -0.2) is 35.1 Å². The number of anilines is 1. The van der Waals surface area contributed by atoms with Crippen LogP contribution >= 0.6 is 0 Å². The first-order valence-corrected chi connectivity index (χ1v) is 6.14. The van der Waals surface area contributed by atoms with Crippen LogP contribution in [0.15, 0.2) is 18.2 Å². The minimum Gasteiger partial charge on any atom is -0.369 e. The molecule has 2 N–H and O–H groups in total. The van der Waals surface area contributed by atoms with Crippen LogP contribution in [0.1, 0.15) is 12.8 Å². The summed E-state index contributed by atoms with van der Waals surface area (Å²) in [6, 6.07) is 4.60. The third-order valence-electron chi connectivity index (χ3n) is 2.98. The minimum absolute atomic E-state index is 0.278. The summed E-state index contributed by atoms with van der Waals surface area (Å²) in [5.74, 6) is 0.181. The SMILES string of the molecule is CN(C)CCCCn1c(N)nc2cc(F)ccc21. The number of imidazole rings is 1. The lowest BCUT2D eigenvalue weighted by atomic mass is 10.2. The van der Waals surface area contributed by atoms with Crippen molar-refractivity contribution in [1.82, 2.24) is 14.5 Å². The second-order valence-electron chi connectivity index (χ2n) is 4.77. The van der Waals surface area contributed by atoms with Gasteiger partial charge in [0.05, 0.1) is 11.0 Å². The van der Waals surface area contributed by atoms with E-state index in [1.807, 2.05) is 4.57 Å². The molecule has 0 spiro atoms. The fourth-order valence-corrected chi connectivity index (χ4v) is 2.05. The van der Waals surface area contributed by atoms with Gasteiger partial charge in [-0.2, -0.15) is 0 Å². The van der Waals surface area contributed by atoms with Gasteiger partial charge >= 0.3 is 0 Å². The maximum absolute atomic E-state index is 13.1. The van der Waals surface area contributed by atoms with Crippen LogP contribution in [0, 0.1) is 5.82 Å². The zero-order chi connectivity index (χ0) is 13.1. The van der Waals surface area contributed by atoms with Crippen molar-refractivity contribution in [3.63, 3.8) is 0 Å². The van der Waals surface area contributed by atoms with Gasteiger partial charge < -0.3 is 15.2 Å². The number of hydrogen-bond donors (Lipinski definition) is 1. The molecule has 98 valence electrons. The Morgan fingerprint density at radius 1 is 1.33 bits per heavy atom. The fourth-order valence-electron chi connectivity index (χ4n) is 2.05. The van der Waals surface area contributed by atoms with Gasteiger partial charge in [0.2, 0.25) is 5.95 Å². The van der Waals surface area contributed by atoms with Crippen molar-refractivity contribution >= 4 is 17.0 Å². The molecule has 0 saturated heterocycles. The van der Waals surface area contributed by atoms with Gasteiger partial charge in [0.1, 0.15) is 5.82 Å². The van der Waals surface area contributed by atoms with Gasteiger partial charge in [0.25, 0.3) is 0 Å². The molecule has 1 aromatic carbocycles. The topological polar surface area (TPSA) is 47.1 Å². The second kappa shape index (κ2) is 5.35. The number of nitrogens with two attached hydrogens (primary N) is 1. The molecule has 0 unspecified atom stereocenters. The zero-order valence-corrected chi connectivity index (χ0v) is 10.9. The Balaban J connectivity index is 2.10. The van der Waals surface area contributed by atoms with Gasteiger partial charge in [-0.15, -0.1) is 0 Å². The van der Waals surface area contributed by atoms with E-state index in [0.717, 1.165) is 31.4 Å². The van der Waals surface area contributed by atoms with Crippen LogP contribution < -0.4 is 5.73 Å². The Labute approximate surface area is 106 Å². The standard InChI is InChI=1S/C13H19FN4/c1-17(2)7-3-4-8-18-12-6-5-10(14)9-11(12)16-13(18)15/h5-6,9H,3-4,7-8H2,1-2H3,(H2,15,16). The predicted octanol–water partition coefficient (Wildman–Crippen LogP) is 2.10. The first-order valence-electron chi connectivity index (χ1n) is 6.14. The third kappa shape index (κ3) is 2.79. The van der Waals surface area contributed by atoms with Gasteiger partial charge in [0, 0.05) is 12.6 Å². The molecule has 0 atom stereocenters. The van der Waals surface area contributed by atoms with Gasteiger partial charge in [-0.05, 0) is 45.6 Å². The van der Waals surface area contributed by atoms with Crippen molar-refractivity contribution in [2.24, 2.45) is 0 Å². The normalized spacial score (nSPS) is 11.6. The smallest absolute Gasteiger partial charge is 0.201 e. The quantitative estimate of drug-likeness (QED) is 0.827. The molecule has 0 amide bonds. The van der Waals surface area contributed by atoms with Crippen molar-refractivity contribution in [2.75, 3.05) is 26.4 Å². The Bertz CT molecular complexity index is 533. The highest BCUT2D eigenvalue weighted by Crippen LogP contribution is 2.19. The number of aryl methyl sites for hydroxylation is 1. The summed E-state index contributed by atoms with van der Waals surface area (Å²) in [6.07, 6.45) is 2.14. The van der Waals surface area contributed by atoms with Gasteiger partial charge in [0.15, 0.2) is 0 Å². The summed E-state index contributed by atoms with van der Waals surface area (Å²) in [5, 5.41) is 0. The van der Waals surface area contributed by atoms with E-state index in [4.69, 9.17) is 5.73 Å². The zero-order valence-electron chi connectivity index (χ0n) is 10.9. The van der Waals surface area contributed by atoms with Crippen molar-refractivity contribution < 1.29 is 4.39 Å². The maximum Gasteiger partial charge on any atom is 0.201 e. The largest absolute Gasteiger partial charge is 0.369 e. The highest BCUT2D eigenvalue weighted by molar-refractivity contribution is 5.78. The van der Waals surface area contributed by atoms with E-state index in [2.05, 4.69) is 24.0 Å². The number of hydrogen-bond acceptors (Lipinski definition) is 3. The molecular weight excluding hydrogens is 231 g/mol. The van der Waals surface area contributed by atoms with Crippen LogP contribution in [0.3, 0.4) is 0 Å². The molecule has 0 saturated carbocycles. The Hall–Kier alpha value is -1.62. The summed E-state index contributed by atoms with van der Waals surface area (Å²) in [4.78, 5) is 6.34. The first-order chi connectivity index (χ1) is 8.58. The third-order valence-corrected chi connectivity index (χ3v) is 2.98. The fraction of sp³-hybridized carbons (Fsp3) is 0.462. The van der Waals surface area contributed by atoms with Crippen LogP contribution in [0.25, 0.3) is 11.0 Å². The van der Waals surface area contributed by atoms with Gasteiger partial charge in [-0.25, -0.2) is 9.37 Å². The summed E-state index contributed by atoms with van der Waals surface area (Å²) in [5.41, 5.74) is 7.39.